The SMILES string of the molecule is Cc1ccc(C=c2sc3nc(-c4cccnc4)nn3c2=O)cc1. The first-order valence-corrected chi connectivity index (χ1v) is 7.91. The van der Waals surface area contributed by atoms with E-state index in [0.717, 1.165) is 11.1 Å². The van der Waals surface area contributed by atoms with Crippen molar-refractivity contribution in [3.63, 3.8) is 0 Å². The van der Waals surface area contributed by atoms with Crippen molar-refractivity contribution < 1.29 is 0 Å². The Bertz CT molecular complexity index is 1080. The Labute approximate surface area is 135 Å². The summed E-state index contributed by atoms with van der Waals surface area (Å²) in [7, 11) is 0. The molecule has 4 aromatic rings. The van der Waals surface area contributed by atoms with Crippen LogP contribution in [0.4, 0.5) is 0 Å². The lowest BCUT2D eigenvalue weighted by Gasteiger charge is -1.93. The number of hydrogen-bond donors (Lipinski definition) is 0. The van der Waals surface area contributed by atoms with Crippen LogP contribution in [0.15, 0.2) is 53.6 Å². The van der Waals surface area contributed by atoms with E-state index in [0.29, 0.717) is 15.3 Å². The van der Waals surface area contributed by atoms with Gasteiger partial charge in [0.15, 0.2) is 5.82 Å². The molecule has 5 nitrogen and oxygen atoms in total. The van der Waals surface area contributed by atoms with Gasteiger partial charge in [-0.3, -0.25) is 9.78 Å². The molecule has 3 aromatic heterocycles. The normalized spacial score (nSPS) is 12.1. The maximum Gasteiger partial charge on any atom is 0.291 e. The van der Waals surface area contributed by atoms with E-state index in [1.807, 2.05) is 49.4 Å². The third-order valence-corrected chi connectivity index (χ3v) is 4.44. The van der Waals surface area contributed by atoms with E-state index in [4.69, 9.17) is 0 Å². The third kappa shape index (κ3) is 2.53. The number of thiazole rings is 1. The Morgan fingerprint density at radius 2 is 2.00 bits per heavy atom. The minimum absolute atomic E-state index is 0.145. The summed E-state index contributed by atoms with van der Waals surface area (Å²) < 4.78 is 1.98. The largest absolute Gasteiger partial charge is 0.291 e. The molecule has 0 bridgehead atoms. The number of pyridine rings is 1. The number of benzene rings is 1. The van der Waals surface area contributed by atoms with E-state index in [2.05, 4.69) is 15.1 Å². The smallest absolute Gasteiger partial charge is 0.266 e. The number of nitrogens with zero attached hydrogens (tertiary/aromatic N) is 4. The van der Waals surface area contributed by atoms with Gasteiger partial charge in [0.2, 0.25) is 4.96 Å². The number of aromatic nitrogens is 4. The van der Waals surface area contributed by atoms with E-state index >= 15 is 0 Å². The van der Waals surface area contributed by atoms with E-state index in [-0.39, 0.29) is 5.56 Å². The van der Waals surface area contributed by atoms with Crippen molar-refractivity contribution in [1.82, 2.24) is 19.6 Å². The molecule has 1 aromatic carbocycles. The minimum atomic E-state index is -0.145. The Morgan fingerprint density at radius 1 is 1.17 bits per heavy atom. The highest BCUT2D eigenvalue weighted by atomic mass is 32.1. The zero-order valence-corrected chi connectivity index (χ0v) is 13.1. The molecule has 4 rings (SSSR count). The molecular weight excluding hydrogens is 308 g/mol. The second-order valence-electron chi connectivity index (χ2n) is 5.20. The van der Waals surface area contributed by atoms with Crippen molar-refractivity contribution in [3.05, 3.63) is 74.8 Å². The first-order valence-electron chi connectivity index (χ1n) is 7.09. The van der Waals surface area contributed by atoms with E-state index in [9.17, 15) is 4.79 Å². The summed E-state index contributed by atoms with van der Waals surface area (Å²) >= 11 is 1.34. The molecule has 0 aliphatic heterocycles. The standard InChI is InChI=1S/C17H12N4OS/c1-11-4-6-12(7-5-11)9-14-16(22)21-17(23-14)19-15(20-21)13-3-2-8-18-10-13/h2-10H,1H3. The average molecular weight is 320 g/mol. The van der Waals surface area contributed by atoms with Crippen LogP contribution in [-0.4, -0.2) is 19.6 Å². The van der Waals surface area contributed by atoms with E-state index in [1.165, 1.54) is 21.4 Å². The second-order valence-corrected chi connectivity index (χ2v) is 6.21. The van der Waals surface area contributed by atoms with Gasteiger partial charge in [0.05, 0.1) is 4.53 Å². The minimum Gasteiger partial charge on any atom is -0.266 e. The van der Waals surface area contributed by atoms with Crippen LogP contribution >= 0.6 is 11.3 Å². The molecule has 0 unspecified atom stereocenters. The molecule has 23 heavy (non-hydrogen) atoms. The molecule has 6 heteroatoms. The topological polar surface area (TPSA) is 60.1 Å². The summed E-state index contributed by atoms with van der Waals surface area (Å²) in [6.07, 6.45) is 5.24. The Morgan fingerprint density at radius 3 is 2.70 bits per heavy atom. The molecule has 0 aliphatic carbocycles. The van der Waals surface area contributed by atoms with Gasteiger partial charge in [-0.1, -0.05) is 41.2 Å². The summed E-state index contributed by atoms with van der Waals surface area (Å²) in [6.45, 7) is 2.03. The first-order chi connectivity index (χ1) is 11.2. The fraction of sp³-hybridized carbons (Fsp3) is 0.0588. The monoisotopic (exact) mass is 320 g/mol. The van der Waals surface area contributed by atoms with Gasteiger partial charge in [-0.15, -0.1) is 5.10 Å². The molecule has 3 heterocycles. The fourth-order valence-electron chi connectivity index (χ4n) is 2.27. The summed E-state index contributed by atoms with van der Waals surface area (Å²) in [6, 6.07) is 11.7. The predicted octanol–water partition coefficient (Wildman–Crippen LogP) is 2.07. The van der Waals surface area contributed by atoms with Crippen molar-refractivity contribution >= 4 is 22.4 Å². The molecule has 0 radical (unpaired) electrons. The summed E-state index contributed by atoms with van der Waals surface area (Å²) in [4.78, 5) is 21.5. The number of hydrogen-bond acceptors (Lipinski definition) is 5. The third-order valence-electron chi connectivity index (χ3n) is 3.48. The zero-order chi connectivity index (χ0) is 15.8. The molecule has 112 valence electrons. The lowest BCUT2D eigenvalue weighted by molar-refractivity contribution is 0.936. The highest BCUT2D eigenvalue weighted by molar-refractivity contribution is 7.15. The van der Waals surface area contributed by atoms with Crippen molar-refractivity contribution in [1.29, 1.82) is 0 Å². The lowest BCUT2D eigenvalue weighted by atomic mass is 10.1. The van der Waals surface area contributed by atoms with Gasteiger partial charge in [0.1, 0.15) is 0 Å². The van der Waals surface area contributed by atoms with Crippen LogP contribution in [0.3, 0.4) is 0 Å². The van der Waals surface area contributed by atoms with Gasteiger partial charge < -0.3 is 0 Å². The second kappa shape index (κ2) is 5.40. The Balaban J connectivity index is 1.82. The maximum atomic E-state index is 12.5. The van der Waals surface area contributed by atoms with Crippen LogP contribution in [0.2, 0.25) is 0 Å². The van der Waals surface area contributed by atoms with Gasteiger partial charge in [0.25, 0.3) is 5.56 Å². The lowest BCUT2D eigenvalue weighted by Crippen LogP contribution is -2.23. The van der Waals surface area contributed by atoms with Crippen LogP contribution in [-0.2, 0) is 0 Å². The van der Waals surface area contributed by atoms with Crippen LogP contribution in [0.25, 0.3) is 22.4 Å². The van der Waals surface area contributed by atoms with Gasteiger partial charge in [-0.05, 0) is 30.7 Å². The van der Waals surface area contributed by atoms with Crippen molar-refractivity contribution in [2.24, 2.45) is 0 Å². The Hall–Kier alpha value is -2.86. The molecule has 0 atom stereocenters. The average Bonchev–Trinajstić information content (AvgIpc) is 3.11. The molecule has 0 saturated heterocycles. The Kier molecular flexibility index (Phi) is 3.24. The van der Waals surface area contributed by atoms with Crippen molar-refractivity contribution in [3.8, 4) is 11.4 Å². The van der Waals surface area contributed by atoms with E-state index in [1.54, 1.807) is 12.4 Å². The maximum absolute atomic E-state index is 12.5. The highest BCUT2D eigenvalue weighted by Gasteiger charge is 2.11. The predicted molar refractivity (Wildman–Crippen MR) is 90.3 cm³/mol. The first kappa shape index (κ1) is 13.8. The molecule has 0 amide bonds. The summed E-state index contributed by atoms with van der Waals surface area (Å²) in [5.74, 6) is 0.517. The van der Waals surface area contributed by atoms with Gasteiger partial charge in [-0.2, -0.15) is 9.50 Å². The summed E-state index contributed by atoms with van der Waals surface area (Å²) in [5, 5.41) is 4.30. The van der Waals surface area contributed by atoms with Crippen LogP contribution in [0, 0.1) is 6.92 Å². The molecule has 0 N–H and O–H groups in total. The quantitative estimate of drug-likeness (QED) is 0.567. The van der Waals surface area contributed by atoms with Gasteiger partial charge in [-0.25, -0.2) is 0 Å². The molecule has 0 saturated carbocycles. The highest BCUT2D eigenvalue weighted by Crippen LogP contribution is 2.14. The van der Waals surface area contributed by atoms with Gasteiger partial charge >= 0.3 is 0 Å². The molecular formula is C17H12N4OS. The summed E-state index contributed by atoms with van der Waals surface area (Å²) in [5.41, 5.74) is 2.83. The van der Waals surface area contributed by atoms with Crippen LogP contribution in [0.5, 0.6) is 0 Å². The van der Waals surface area contributed by atoms with Crippen LogP contribution < -0.4 is 10.1 Å². The molecule has 0 fully saturated rings. The van der Waals surface area contributed by atoms with Gasteiger partial charge in [0, 0.05) is 18.0 Å². The molecule has 0 aliphatic rings. The van der Waals surface area contributed by atoms with Crippen molar-refractivity contribution in [2.45, 2.75) is 6.92 Å². The fourth-order valence-corrected chi connectivity index (χ4v) is 3.17. The number of aryl methyl sites for hydroxylation is 1. The van der Waals surface area contributed by atoms with Crippen LogP contribution in [0.1, 0.15) is 11.1 Å². The van der Waals surface area contributed by atoms with Crippen molar-refractivity contribution in [2.75, 3.05) is 0 Å². The zero-order valence-electron chi connectivity index (χ0n) is 12.3. The number of rotatable bonds is 2. The number of fused-ring (bicyclic) bond motifs is 1. The van der Waals surface area contributed by atoms with E-state index < -0.39 is 0 Å². The molecule has 0 spiro atoms.